The largest absolute Gasteiger partial charge is 0.339 e. The van der Waals surface area contributed by atoms with Crippen LogP contribution in [0.3, 0.4) is 0 Å². The van der Waals surface area contributed by atoms with Gasteiger partial charge in [0.15, 0.2) is 0 Å². The molecule has 2 aromatic rings. The van der Waals surface area contributed by atoms with Gasteiger partial charge >= 0.3 is 0 Å². The van der Waals surface area contributed by atoms with Gasteiger partial charge in [0.1, 0.15) is 0 Å². The molecule has 2 rings (SSSR count). The zero-order valence-electron chi connectivity index (χ0n) is 16.1. The lowest BCUT2D eigenvalue weighted by Crippen LogP contribution is -2.32. The smallest absolute Gasteiger partial charge is 0.255 e. The molecule has 0 saturated heterocycles. The van der Waals surface area contributed by atoms with Crippen LogP contribution in [0, 0.1) is 13.8 Å². The van der Waals surface area contributed by atoms with Gasteiger partial charge in [-0.3, -0.25) is 9.59 Å². The molecule has 2 amide bonds. The number of hydrogen-bond acceptors (Lipinski definition) is 2. The topological polar surface area (TPSA) is 49.4 Å². The van der Waals surface area contributed by atoms with Crippen molar-refractivity contribution in [2.24, 2.45) is 0 Å². The molecule has 0 aliphatic rings. The van der Waals surface area contributed by atoms with Crippen LogP contribution in [0.2, 0.25) is 0 Å². The van der Waals surface area contributed by atoms with Gasteiger partial charge < -0.3 is 10.2 Å². The Balaban J connectivity index is 2.22. The highest BCUT2D eigenvalue weighted by atomic mass is 16.2. The maximum atomic E-state index is 12.8. The summed E-state index contributed by atoms with van der Waals surface area (Å²) in [5.74, 6) is -0.218. The summed E-state index contributed by atoms with van der Waals surface area (Å²) in [6.45, 7) is 9.51. The number of anilines is 1. The van der Waals surface area contributed by atoms with E-state index in [9.17, 15) is 9.59 Å². The molecule has 0 aliphatic carbocycles. The Labute approximate surface area is 156 Å². The minimum absolute atomic E-state index is 0.0181. The van der Waals surface area contributed by atoms with Crippen LogP contribution in [0.15, 0.2) is 42.5 Å². The van der Waals surface area contributed by atoms with Crippen LogP contribution in [0.5, 0.6) is 0 Å². The third kappa shape index (κ3) is 4.72. The monoisotopic (exact) mass is 352 g/mol. The summed E-state index contributed by atoms with van der Waals surface area (Å²) in [6.07, 6.45) is 1.83. The number of carbonyl (C=O) groups excluding carboxylic acids is 2. The lowest BCUT2D eigenvalue weighted by atomic mass is 10.1. The number of amides is 2. The molecule has 0 radical (unpaired) electrons. The molecular weight excluding hydrogens is 324 g/mol. The lowest BCUT2D eigenvalue weighted by molar-refractivity contribution is 0.0755. The van der Waals surface area contributed by atoms with E-state index in [1.807, 2.05) is 36.9 Å². The van der Waals surface area contributed by atoms with Crippen LogP contribution in [0.25, 0.3) is 0 Å². The molecule has 0 aliphatic heterocycles. The second kappa shape index (κ2) is 9.18. The second-order valence-corrected chi connectivity index (χ2v) is 6.59. The number of nitrogens with one attached hydrogen (secondary N) is 1. The van der Waals surface area contributed by atoms with Crippen LogP contribution in [0.1, 0.15) is 58.5 Å². The summed E-state index contributed by atoms with van der Waals surface area (Å²) < 4.78 is 0. The molecule has 0 aromatic heterocycles. The molecule has 26 heavy (non-hydrogen) atoms. The summed E-state index contributed by atoms with van der Waals surface area (Å²) in [5.41, 5.74) is 3.91. The zero-order chi connectivity index (χ0) is 19.1. The Morgan fingerprint density at radius 2 is 1.42 bits per heavy atom. The van der Waals surface area contributed by atoms with Gasteiger partial charge in [-0.05, 0) is 56.0 Å². The van der Waals surface area contributed by atoms with Crippen molar-refractivity contribution in [3.05, 3.63) is 64.7 Å². The van der Waals surface area contributed by atoms with Crippen molar-refractivity contribution in [1.29, 1.82) is 0 Å². The lowest BCUT2D eigenvalue weighted by Gasteiger charge is -2.21. The van der Waals surface area contributed by atoms with Crippen LogP contribution in [0.4, 0.5) is 5.69 Å². The van der Waals surface area contributed by atoms with E-state index in [1.54, 1.807) is 24.3 Å². The highest BCUT2D eigenvalue weighted by molar-refractivity contribution is 6.06. The molecule has 0 spiro atoms. The van der Waals surface area contributed by atoms with Gasteiger partial charge in [0.05, 0.1) is 0 Å². The summed E-state index contributed by atoms with van der Waals surface area (Å²) in [6, 6.07) is 12.9. The Morgan fingerprint density at radius 1 is 0.885 bits per heavy atom. The predicted octanol–water partition coefficient (Wildman–Crippen LogP) is 4.82. The van der Waals surface area contributed by atoms with Gasteiger partial charge in [0.2, 0.25) is 0 Å². The third-order valence-corrected chi connectivity index (χ3v) is 4.37. The van der Waals surface area contributed by atoms with Crippen molar-refractivity contribution in [3.63, 3.8) is 0 Å². The molecule has 4 heteroatoms. The van der Waals surface area contributed by atoms with Crippen LogP contribution in [-0.4, -0.2) is 29.8 Å². The molecular formula is C22H28N2O2. The van der Waals surface area contributed by atoms with Crippen molar-refractivity contribution in [1.82, 2.24) is 4.90 Å². The van der Waals surface area contributed by atoms with Crippen LogP contribution in [-0.2, 0) is 0 Å². The molecule has 0 atom stereocenters. The number of carbonyl (C=O) groups is 2. The van der Waals surface area contributed by atoms with Crippen molar-refractivity contribution >= 4 is 17.5 Å². The molecule has 0 saturated carbocycles. The minimum atomic E-state index is -0.199. The molecule has 0 heterocycles. The van der Waals surface area contributed by atoms with E-state index < -0.39 is 0 Å². The first-order valence-electron chi connectivity index (χ1n) is 9.24. The van der Waals surface area contributed by atoms with Crippen molar-refractivity contribution < 1.29 is 9.59 Å². The summed E-state index contributed by atoms with van der Waals surface area (Å²) in [4.78, 5) is 27.3. The van der Waals surface area contributed by atoms with Crippen LogP contribution < -0.4 is 5.32 Å². The SMILES string of the molecule is CCCN(CCC)C(=O)c1cccc(C(=O)Nc2c(C)cccc2C)c1. The molecule has 2 aromatic carbocycles. The Kier molecular flexibility index (Phi) is 6.96. The normalized spacial score (nSPS) is 10.5. The molecule has 138 valence electrons. The van der Waals surface area contributed by atoms with E-state index >= 15 is 0 Å². The average Bonchev–Trinajstić information content (AvgIpc) is 2.64. The zero-order valence-corrected chi connectivity index (χ0v) is 16.1. The Hall–Kier alpha value is -2.62. The standard InChI is InChI=1S/C22H28N2O2/c1-5-13-24(14-6-2)22(26)19-12-8-11-18(15-19)21(25)23-20-16(3)9-7-10-17(20)4/h7-12,15H,5-6,13-14H2,1-4H3,(H,23,25). The van der Waals surface area contributed by atoms with Gasteiger partial charge in [-0.1, -0.05) is 38.1 Å². The summed E-state index contributed by atoms with van der Waals surface area (Å²) in [7, 11) is 0. The van der Waals surface area contributed by atoms with E-state index in [0.29, 0.717) is 11.1 Å². The van der Waals surface area contributed by atoms with E-state index in [1.165, 1.54) is 0 Å². The average molecular weight is 352 g/mol. The number of rotatable bonds is 7. The van der Waals surface area contributed by atoms with Crippen molar-refractivity contribution in [2.75, 3.05) is 18.4 Å². The number of para-hydroxylation sites is 1. The van der Waals surface area contributed by atoms with Crippen molar-refractivity contribution in [3.8, 4) is 0 Å². The number of hydrogen-bond donors (Lipinski definition) is 1. The molecule has 4 nitrogen and oxygen atoms in total. The second-order valence-electron chi connectivity index (χ2n) is 6.59. The minimum Gasteiger partial charge on any atom is -0.339 e. The third-order valence-electron chi connectivity index (χ3n) is 4.37. The van der Waals surface area contributed by atoms with E-state index in [4.69, 9.17) is 0 Å². The number of nitrogens with zero attached hydrogens (tertiary/aromatic N) is 1. The molecule has 0 unspecified atom stereocenters. The van der Waals surface area contributed by atoms with Crippen molar-refractivity contribution in [2.45, 2.75) is 40.5 Å². The quantitative estimate of drug-likeness (QED) is 0.777. The summed E-state index contributed by atoms with van der Waals surface area (Å²) in [5, 5.41) is 2.98. The fraction of sp³-hybridized carbons (Fsp3) is 0.364. The predicted molar refractivity (Wildman–Crippen MR) is 107 cm³/mol. The highest BCUT2D eigenvalue weighted by Gasteiger charge is 2.16. The fourth-order valence-electron chi connectivity index (χ4n) is 3.03. The Bertz CT molecular complexity index is 757. The van der Waals surface area contributed by atoms with Gasteiger partial charge in [0.25, 0.3) is 11.8 Å². The van der Waals surface area contributed by atoms with Gasteiger partial charge in [-0.2, -0.15) is 0 Å². The first-order chi connectivity index (χ1) is 12.5. The maximum absolute atomic E-state index is 12.8. The molecule has 0 bridgehead atoms. The van der Waals surface area contributed by atoms with Crippen LogP contribution >= 0.6 is 0 Å². The Morgan fingerprint density at radius 3 is 2.00 bits per heavy atom. The van der Waals surface area contributed by atoms with E-state index in [0.717, 1.165) is 42.7 Å². The molecule has 1 N–H and O–H groups in total. The van der Waals surface area contributed by atoms with Gasteiger partial charge in [-0.25, -0.2) is 0 Å². The number of aryl methyl sites for hydroxylation is 2. The fourth-order valence-corrected chi connectivity index (χ4v) is 3.03. The highest BCUT2D eigenvalue weighted by Crippen LogP contribution is 2.20. The van der Waals surface area contributed by atoms with Gasteiger partial charge in [-0.15, -0.1) is 0 Å². The summed E-state index contributed by atoms with van der Waals surface area (Å²) >= 11 is 0. The van der Waals surface area contributed by atoms with E-state index in [2.05, 4.69) is 19.2 Å². The number of benzene rings is 2. The maximum Gasteiger partial charge on any atom is 0.255 e. The molecule has 0 fully saturated rings. The first-order valence-corrected chi connectivity index (χ1v) is 9.24. The van der Waals surface area contributed by atoms with E-state index in [-0.39, 0.29) is 11.8 Å². The van der Waals surface area contributed by atoms with Gasteiger partial charge in [0, 0.05) is 29.9 Å². The first kappa shape index (κ1) is 19.7.